The van der Waals surface area contributed by atoms with Gasteiger partial charge in [0.1, 0.15) is 0 Å². The zero-order chi connectivity index (χ0) is 9.73. The summed E-state index contributed by atoms with van der Waals surface area (Å²) in [5.74, 6) is 0.149. The lowest BCUT2D eigenvalue weighted by Gasteiger charge is -2.05. The zero-order valence-corrected chi connectivity index (χ0v) is 8.26. The van der Waals surface area contributed by atoms with Crippen molar-refractivity contribution >= 4 is 15.7 Å². The van der Waals surface area contributed by atoms with Crippen LogP contribution >= 0.6 is 0 Å². The fourth-order valence-corrected chi connectivity index (χ4v) is 2.05. The van der Waals surface area contributed by atoms with Gasteiger partial charge in [0.2, 0.25) is 10.0 Å². The number of rotatable bonds is 4. The highest BCUT2D eigenvalue weighted by molar-refractivity contribution is 7.92. The van der Waals surface area contributed by atoms with E-state index >= 15 is 0 Å². The molecule has 71 valence electrons. The molecule has 1 rings (SSSR count). The van der Waals surface area contributed by atoms with Gasteiger partial charge in [0.05, 0.1) is 11.4 Å². The minimum atomic E-state index is -3.17. The summed E-state index contributed by atoms with van der Waals surface area (Å²) in [6.07, 6.45) is 0.613. The van der Waals surface area contributed by atoms with Crippen molar-refractivity contribution in [1.29, 1.82) is 0 Å². The molecule has 0 unspecified atom stereocenters. The Hall–Kier alpha value is -1.03. The van der Waals surface area contributed by atoms with Crippen LogP contribution in [0.3, 0.4) is 0 Å². The van der Waals surface area contributed by atoms with Gasteiger partial charge >= 0.3 is 0 Å². The standard InChI is InChI=1S/C9H12NO2S/c1-2-8-13(11,12)10-9-6-4-3-5-7-9/h3-6,10H,2,8H2,1H3. The smallest absolute Gasteiger partial charge is 0.232 e. The molecule has 13 heavy (non-hydrogen) atoms. The number of hydrogen-bond acceptors (Lipinski definition) is 2. The lowest BCUT2D eigenvalue weighted by atomic mass is 10.3. The summed E-state index contributed by atoms with van der Waals surface area (Å²) >= 11 is 0. The maximum Gasteiger partial charge on any atom is 0.232 e. The van der Waals surface area contributed by atoms with E-state index in [0.717, 1.165) is 0 Å². The maximum atomic E-state index is 11.3. The van der Waals surface area contributed by atoms with Crippen LogP contribution in [0.15, 0.2) is 24.3 Å². The third-order valence-electron chi connectivity index (χ3n) is 1.45. The van der Waals surface area contributed by atoms with Crippen LogP contribution in [-0.4, -0.2) is 14.2 Å². The van der Waals surface area contributed by atoms with Crippen molar-refractivity contribution in [3.05, 3.63) is 30.3 Å². The summed E-state index contributed by atoms with van der Waals surface area (Å²) in [5.41, 5.74) is 0.496. The second-order valence-electron chi connectivity index (χ2n) is 2.70. The summed E-state index contributed by atoms with van der Waals surface area (Å²) in [6, 6.07) is 9.69. The fourth-order valence-electron chi connectivity index (χ4n) is 0.944. The first-order valence-electron chi connectivity index (χ1n) is 4.11. The van der Waals surface area contributed by atoms with Crippen LogP contribution in [0.4, 0.5) is 5.69 Å². The van der Waals surface area contributed by atoms with Gasteiger partial charge in [0.25, 0.3) is 0 Å². The minimum absolute atomic E-state index is 0.149. The molecular formula is C9H12NO2S. The van der Waals surface area contributed by atoms with Crippen LogP contribution in [0.2, 0.25) is 0 Å². The molecule has 0 saturated carbocycles. The van der Waals surface area contributed by atoms with Crippen molar-refractivity contribution in [2.75, 3.05) is 10.5 Å². The predicted molar refractivity (Wildman–Crippen MR) is 53.0 cm³/mol. The van der Waals surface area contributed by atoms with Gasteiger partial charge < -0.3 is 0 Å². The van der Waals surface area contributed by atoms with E-state index in [1.54, 1.807) is 24.3 Å². The molecule has 4 heteroatoms. The number of sulfonamides is 1. The van der Waals surface area contributed by atoms with Crippen LogP contribution in [0, 0.1) is 6.07 Å². The lowest BCUT2D eigenvalue weighted by molar-refractivity contribution is 0.600. The molecule has 1 N–H and O–H groups in total. The second-order valence-corrected chi connectivity index (χ2v) is 4.54. The molecule has 1 aromatic carbocycles. The molecule has 1 aromatic rings. The average Bonchev–Trinajstić information content (AvgIpc) is 2.04. The van der Waals surface area contributed by atoms with Crippen molar-refractivity contribution in [2.45, 2.75) is 13.3 Å². The molecule has 0 aliphatic carbocycles. The Balaban J connectivity index is 2.70. The first kappa shape index (κ1) is 10.1. The largest absolute Gasteiger partial charge is 0.283 e. The third kappa shape index (κ3) is 3.46. The SMILES string of the molecule is CCCS(=O)(=O)Nc1[c]cccc1. The van der Waals surface area contributed by atoms with E-state index in [9.17, 15) is 8.42 Å². The summed E-state index contributed by atoms with van der Waals surface area (Å²) in [5, 5.41) is 0. The Morgan fingerprint density at radius 2 is 2.23 bits per heavy atom. The van der Waals surface area contributed by atoms with Gasteiger partial charge in [-0.25, -0.2) is 8.42 Å². The van der Waals surface area contributed by atoms with Crippen LogP contribution in [0.1, 0.15) is 13.3 Å². The highest BCUT2D eigenvalue weighted by Gasteiger charge is 2.07. The van der Waals surface area contributed by atoms with E-state index in [1.807, 2.05) is 6.92 Å². The minimum Gasteiger partial charge on any atom is -0.283 e. The van der Waals surface area contributed by atoms with E-state index < -0.39 is 10.0 Å². The normalized spacial score (nSPS) is 11.2. The molecule has 0 saturated heterocycles. The Bertz CT molecular complexity index is 345. The number of para-hydroxylation sites is 1. The van der Waals surface area contributed by atoms with Gasteiger partial charge in [-0.05, 0) is 12.5 Å². The number of anilines is 1. The highest BCUT2D eigenvalue weighted by atomic mass is 32.2. The summed E-state index contributed by atoms with van der Waals surface area (Å²) < 4.78 is 25.0. The van der Waals surface area contributed by atoms with Gasteiger partial charge in [-0.2, -0.15) is 0 Å². The van der Waals surface area contributed by atoms with Crippen molar-refractivity contribution in [1.82, 2.24) is 0 Å². The van der Waals surface area contributed by atoms with Crippen molar-refractivity contribution in [2.24, 2.45) is 0 Å². The average molecular weight is 198 g/mol. The van der Waals surface area contributed by atoms with E-state index in [1.165, 1.54) is 0 Å². The molecule has 0 fully saturated rings. The van der Waals surface area contributed by atoms with Crippen LogP contribution in [-0.2, 0) is 10.0 Å². The van der Waals surface area contributed by atoms with Crippen molar-refractivity contribution < 1.29 is 8.42 Å². The number of hydrogen-bond donors (Lipinski definition) is 1. The molecule has 0 aliphatic heterocycles. The zero-order valence-electron chi connectivity index (χ0n) is 7.45. The lowest BCUT2D eigenvalue weighted by Crippen LogP contribution is -2.15. The molecule has 0 spiro atoms. The molecule has 0 bridgehead atoms. The van der Waals surface area contributed by atoms with Crippen LogP contribution < -0.4 is 4.72 Å². The number of benzene rings is 1. The molecule has 0 aromatic heterocycles. The first-order chi connectivity index (χ1) is 6.14. The van der Waals surface area contributed by atoms with Gasteiger partial charge in [0.15, 0.2) is 0 Å². The quantitative estimate of drug-likeness (QED) is 0.799. The number of nitrogens with one attached hydrogen (secondary N) is 1. The van der Waals surface area contributed by atoms with Gasteiger partial charge in [0, 0.05) is 6.07 Å². The maximum absolute atomic E-state index is 11.3. The summed E-state index contributed by atoms with van der Waals surface area (Å²) in [4.78, 5) is 0. The highest BCUT2D eigenvalue weighted by Crippen LogP contribution is 2.07. The Morgan fingerprint density at radius 1 is 1.46 bits per heavy atom. The monoisotopic (exact) mass is 198 g/mol. The Morgan fingerprint density at radius 3 is 2.77 bits per heavy atom. The van der Waals surface area contributed by atoms with Gasteiger partial charge in [-0.15, -0.1) is 0 Å². The first-order valence-corrected chi connectivity index (χ1v) is 5.76. The van der Waals surface area contributed by atoms with E-state index in [4.69, 9.17) is 0 Å². The topological polar surface area (TPSA) is 46.2 Å². The van der Waals surface area contributed by atoms with E-state index in [-0.39, 0.29) is 5.75 Å². The predicted octanol–water partition coefficient (Wildman–Crippen LogP) is 1.64. The van der Waals surface area contributed by atoms with E-state index in [2.05, 4.69) is 10.8 Å². The van der Waals surface area contributed by atoms with Crippen molar-refractivity contribution in [3.8, 4) is 0 Å². The Labute approximate surface area is 78.8 Å². The van der Waals surface area contributed by atoms with Crippen LogP contribution in [0.25, 0.3) is 0 Å². The molecular weight excluding hydrogens is 186 g/mol. The summed E-state index contributed by atoms with van der Waals surface area (Å²) in [7, 11) is -3.17. The molecule has 1 radical (unpaired) electrons. The molecule has 0 amide bonds. The van der Waals surface area contributed by atoms with Crippen molar-refractivity contribution in [3.63, 3.8) is 0 Å². The second kappa shape index (κ2) is 4.28. The fraction of sp³-hybridized carbons (Fsp3) is 0.333. The molecule has 0 atom stereocenters. The van der Waals surface area contributed by atoms with Gasteiger partial charge in [-0.3, -0.25) is 4.72 Å². The molecule has 0 heterocycles. The summed E-state index contributed by atoms with van der Waals surface area (Å²) in [6.45, 7) is 1.83. The van der Waals surface area contributed by atoms with Gasteiger partial charge in [-0.1, -0.05) is 25.1 Å². The third-order valence-corrected chi connectivity index (χ3v) is 2.92. The van der Waals surface area contributed by atoms with Crippen LogP contribution in [0.5, 0.6) is 0 Å². The molecule has 3 nitrogen and oxygen atoms in total. The molecule has 0 aliphatic rings. The Kier molecular flexibility index (Phi) is 3.31. The van der Waals surface area contributed by atoms with E-state index in [0.29, 0.717) is 12.1 Å².